The molecule has 20 heavy (non-hydrogen) atoms. The molecule has 3 aliphatic rings. The van der Waals surface area contributed by atoms with Crippen molar-refractivity contribution in [3.8, 4) is 0 Å². The van der Waals surface area contributed by atoms with E-state index in [4.69, 9.17) is 4.74 Å². The third kappa shape index (κ3) is 2.88. The van der Waals surface area contributed by atoms with E-state index < -0.39 is 0 Å². The molecule has 1 heterocycles. The molecule has 114 valence electrons. The van der Waals surface area contributed by atoms with Gasteiger partial charge in [-0.25, -0.2) is 0 Å². The number of nitrogens with one attached hydrogen (secondary N) is 1. The Hall–Kier alpha value is -0.570. The highest BCUT2D eigenvalue weighted by atomic mass is 16.5. The van der Waals surface area contributed by atoms with Gasteiger partial charge in [-0.2, -0.15) is 0 Å². The molecule has 1 aliphatic heterocycles. The van der Waals surface area contributed by atoms with Gasteiger partial charge in [0.1, 0.15) is 0 Å². The van der Waals surface area contributed by atoms with E-state index >= 15 is 0 Å². The van der Waals surface area contributed by atoms with Gasteiger partial charge < -0.3 is 10.1 Å². The molecule has 1 saturated heterocycles. The van der Waals surface area contributed by atoms with Crippen LogP contribution in [-0.2, 0) is 9.53 Å². The van der Waals surface area contributed by atoms with Gasteiger partial charge in [0.05, 0.1) is 12.5 Å². The van der Waals surface area contributed by atoms with Gasteiger partial charge in [0.25, 0.3) is 0 Å². The SMILES string of the molecule is CCOC(=O)C1CCC(C2CCC3(CCNC3)C2)CC1. The number of carbonyl (C=O) groups excluding carboxylic acids is 1. The van der Waals surface area contributed by atoms with E-state index in [1.165, 1.54) is 51.6 Å². The van der Waals surface area contributed by atoms with Crippen molar-refractivity contribution in [3.63, 3.8) is 0 Å². The Morgan fingerprint density at radius 2 is 1.95 bits per heavy atom. The second kappa shape index (κ2) is 6.05. The van der Waals surface area contributed by atoms with Crippen LogP contribution in [0.25, 0.3) is 0 Å². The molecule has 0 bridgehead atoms. The number of esters is 1. The molecule has 1 spiro atoms. The fourth-order valence-electron chi connectivity index (χ4n) is 4.92. The van der Waals surface area contributed by atoms with Crippen LogP contribution in [-0.4, -0.2) is 25.7 Å². The van der Waals surface area contributed by atoms with Crippen LogP contribution in [0.5, 0.6) is 0 Å². The van der Waals surface area contributed by atoms with Crippen molar-refractivity contribution in [1.29, 1.82) is 0 Å². The monoisotopic (exact) mass is 279 g/mol. The molecule has 1 N–H and O–H groups in total. The van der Waals surface area contributed by atoms with Crippen LogP contribution in [0.4, 0.5) is 0 Å². The molecule has 2 unspecified atom stereocenters. The molecule has 2 aliphatic carbocycles. The summed E-state index contributed by atoms with van der Waals surface area (Å²) in [6.07, 6.45) is 10.3. The molecule has 2 saturated carbocycles. The Bertz CT molecular complexity index is 341. The van der Waals surface area contributed by atoms with Gasteiger partial charge in [-0.1, -0.05) is 0 Å². The second-order valence-electron chi connectivity index (χ2n) is 7.29. The number of carbonyl (C=O) groups is 1. The van der Waals surface area contributed by atoms with E-state index in [9.17, 15) is 4.79 Å². The van der Waals surface area contributed by atoms with Gasteiger partial charge in [-0.3, -0.25) is 4.79 Å². The lowest BCUT2D eigenvalue weighted by Crippen LogP contribution is -2.27. The van der Waals surface area contributed by atoms with E-state index in [1.54, 1.807) is 0 Å². The van der Waals surface area contributed by atoms with Crippen LogP contribution in [0.2, 0.25) is 0 Å². The quantitative estimate of drug-likeness (QED) is 0.807. The molecule has 0 aromatic carbocycles. The normalized spacial score (nSPS) is 41.1. The Morgan fingerprint density at radius 3 is 2.60 bits per heavy atom. The van der Waals surface area contributed by atoms with Gasteiger partial charge in [0.2, 0.25) is 0 Å². The summed E-state index contributed by atoms with van der Waals surface area (Å²) in [7, 11) is 0. The van der Waals surface area contributed by atoms with Crippen molar-refractivity contribution in [2.45, 2.75) is 58.3 Å². The molecule has 3 heteroatoms. The van der Waals surface area contributed by atoms with E-state index in [1.807, 2.05) is 6.92 Å². The zero-order valence-corrected chi connectivity index (χ0v) is 12.8. The molecule has 3 nitrogen and oxygen atoms in total. The Kier molecular flexibility index (Phi) is 4.34. The Morgan fingerprint density at radius 1 is 1.15 bits per heavy atom. The highest BCUT2D eigenvalue weighted by molar-refractivity contribution is 5.72. The lowest BCUT2D eigenvalue weighted by molar-refractivity contribution is -0.149. The molecular formula is C17H29NO2. The molecule has 3 rings (SSSR count). The van der Waals surface area contributed by atoms with Gasteiger partial charge >= 0.3 is 5.97 Å². The molecule has 0 radical (unpaired) electrons. The fourth-order valence-corrected chi connectivity index (χ4v) is 4.92. The van der Waals surface area contributed by atoms with Crippen LogP contribution in [0.3, 0.4) is 0 Å². The summed E-state index contributed by atoms with van der Waals surface area (Å²) in [4.78, 5) is 11.8. The Balaban J connectivity index is 1.48. The largest absolute Gasteiger partial charge is 0.466 e. The summed E-state index contributed by atoms with van der Waals surface area (Å²) < 4.78 is 5.17. The van der Waals surface area contributed by atoms with Crippen molar-refractivity contribution in [3.05, 3.63) is 0 Å². The molecular weight excluding hydrogens is 250 g/mol. The predicted octanol–water partition coefficient (Wildman–Crippen LogP) is 3.14. The number of hydrogen-bond acceptors (Lipinski definition) is 3. The minimum atomic E-state index is 0.0498. The lowest BCUT2D eigenvalue weighted by atomic mass is 9.73. The molecule has 3 fully saturated rings. The number of hydrogen-bond donors (Lipinski definition) is 1. The third-order valence-electron chi connectivity index (χ3n) is 6.13. The molecule has 2 atom stereocenters. The smallest absolute Gasteiger partial charge is 0.308 e. The average molecular weight is 279 g/mol. The van der Waals surface area contributed by atoms with Crippen LogP contribution < -0.4 is 5.32 Å². The fraction of sp³-hybridized carbons (Fsp3) is 0.941. The van der Waals surface area contributed by atoms with Gasteiger partial charge in [0.15, 0.2) is 0 Å². The van der Waals surface area contributed by atoms with E-state index in [-0.39, 0.29) is 11.9 Å². The predicted molar refractivity (Wildman–Crippen MR) is 79.3 cm³/mol. The Labute approximate surface area is 122 Å². The van der Waals surface area contributed by atoms with Crippen LogP contribution in [0, 0.1) is 23.2 Å². The first-order valence-electron chi connectivity index (χ1n) is 8.60. The summed E-state index contributed by atoms with van der Waals surface area (Å²) in [6, 6.07) is 0. The second-order valence-corrected chi connectivity index (χ2v) is 7.29. The standard InChI is InChI=1S/C17H29NO2/c1-2-20-16(19)14-5-3-13(4-6-14)15-7-8-17(11-15)9-10-18-12-17/h13-15,18H,2-12H2,1H3. The van der Waals surface area contributed by atoms with Crippen molar-refractivity contribution in [2.75, 3.05) is 19.7 Å². The summed E-state index contributed by atoms with van der Waals surface area (Å²) in [5, 5.41) is 3.55. The van der Waals surface area contributed by atoms with E-state index in [2.05, 4.69) is 5.32 Å². The lowest BCUT2D eigenvalue weighted by Gasteiger charge is -2.32. The van der Waals surface area contributed by atoms with Crippen LogP contribution in [0.1, 0.15) is 58.3 Å². The highest BCUT2D eigenvalue weighted by Crippen LogP contribution is 2.51. The van der Waals surface area contributed by atoms with Crippen molar-refractivity contribution in [2.24, 2.45) is 23.2 Å². The van der Waals surface area contributed by atoms with E-state index in [0.717, 1.165) is 24.7 Å². The summed E-state index contributed by atoms with van der Waals surface area (Å²) in [5.41, 5.74) is 0.642. The zero-order valence-electron chi connectivity index (χ0n) is 12.8. The van der Waals surface area contributed by atoms with Crippen LogP contribution >= 0.6 is 0 Å². The van der Waals surface area contributed by atoms with Gasteiger partial charge in [0, 0.05) is 6.54 Å². The first-order valence-corrected chi connectivity index (χ1v) is 8.60. The summed E-state index contributed by atoms with van der Waals surface area (Å²) in [6.45, 7) is 4.90. The van der Waals surface area contributed by atoms with Gasteiger partial charge in [-0.15, -0.1) is 0 Å². The first-order chi connectivity index (χ1) is 9.72. The zero-order chi connectivity index (χ0) is 14.0. The molecule has 0 amide bonds. The van der Waals surface area contributed by atoms with Gasteiger partial charge in [-0.05, 0) is 82.1 Å². The minimum Gasteiger partial charge on any atom is -0.466 e. The molecule has 0 aromatic rings. The third-order valence-corrected chi connectivity index (χ3v) is 6.13. The maximum Gasteiger partial charge on any atom is 0.308 e. The van der Waals surface area contributed by atoms with Crippen molar-refractivity contribution >= 4 is 5.97 Å². The van der Waals surface area contributed by atoms with Crippen molar-refractivity contribution < 1.29 is 9.53 Å². The average Bonchev–Trinajstić information content (AvgIpc) is 3.10. The summed E-state index contributed by atoms with van der Waals surface area (Å²) >= 11 is 0. The van der Waals surface area contributed by atoms with E-state index in [0.29, 0.717) is 12.0 Å². The topological polar surface area (TPSA) is 38.3 Å². The maximum atomic E-state index is 11.8. The highest BCUT2D eigenvalue weighted by Gasteiger charge is 2.44. The maximum absolute atomic E-state index is 11.8. The minimum absolute atomic E-state index is 0.0498. The number of ether oxygens (including phenoxy) is 1. The molecule has 0 aromatic heterocycles. The van der Waals surface area contributed by atoms with Crippen molar-refractivity contribution in [1.82, 2.24) is 5.32 Å². The first kappa shape index (κ1) is 14.4. The summed E-state index contributed by atoms with van der Waals surface area (Å²) in [5.74, 6) is 2.04. The van der Waals surface area contributed by atoms with Crippen LogP contribution in [0.15, 0.2) is 0 Å². The number of rotatable bonds is 3.